The van der Waals surface area contributed by atoms with Crippen LogP contribution < -0.4 is 4.90 Å². The smallest absolute Gasteiger partial charge is 0.241 e. The van der Waals surface area contributed by atoms with Crippen molar-refractivity contribution in [3.05, 3.63) is 29.8 Å². The molecule has 4 nitrogen and oxygen atoms in total. The number of anilines is 1. The average Bonchev–Trinajstić information content (AvgIpc) is 3.11. The summed E-state index contributed by atoms with van der Waals surface area (Å²) in [4.78, 5) is 17.0. The van der Waals surface area contributed by atoms with Crippen LogP contribution in [0.5, 0.6) is 0 Å². The fourth-order valence-electron chi connectivity index (χ4n) is 5.19. The Kier molecular flexibility index (Phi) is 3.50. The minimum atomic E-state index is 0.138. The molecule has 1 aromatic carbocycles. The zero-order valence-corrected chi connectivity index (χ0v) is 14.3. The van der Waals surface area contributed by atoms with Crippen molar-refractivity contribution in [3.8, 4) is 0 Å². The van der Waals surface area contributed by atoms with Crippen LogP contribution in [0.2, 0.25) is 0 Å². The number of carbonyl (C=O) groups is 1. The molecule has 0 aromatic heterocycles. The number of fused-ring (bicyclic) bond motifs is 2. The van der Waals surface area contributed by atoms with Crippen LogP contribution in [0.4, 0.5) is 5.69 Å². The molecule has 0 spiro atoms. The predicted molar refractivity (Wildman–Crippen MR) is 90.5 cm³/mol. The number of para-hydroxylation sites is 1. The van der Waals surface area contributed by atoms with Crippen LogP contribution >= 0.6 is 0 Å². The van der Waals surface area contributed by atoms with Gasteiger partial charge in [0.1, 0.15) is 0 Å². The molecule has 23 heavy (non-hydrogen) atoms. The minimum Gasteiger partial charge on any atom is -0.377 e. The Morgan fingerprint density at radius 2 is 2.17 bits per heavy atom. The average molecular weight is 314 g/mol. The highest BCUT2D eigenvalue weighted by molar-refractivity contribution is 5.96. The van der Waals surface area contributed by atoms with E-state index in [1.165, 1.54) is 5.56 Å². The van der Waals surface area contributed by atoms with Crippen LogP contribution in [-0.2, 0) is 16.0 Å². The standard InChI is InChI=1S/C19H26N2O2/c1-19(2)17(14-9-11-23-18(14)19)20(3)12-16(22)21-10-8-13-6-4-5-7-15(13)21/h4-7,14,17-18H,8-12H2,1-3H3/t14-,17+,18-/m0/s1. The molecule has 3 atom stereocenters. The number of hydrogen-bond donors (Lipinski definition) is 0. The van der Waals surface area contributed by atoms with Gasteiger partial charge in [-0.05, 0) is 31.5 Å². The number of hydrogen-bond acceptors (Lipinski definition) is 3. The number of ether oxygens (including phenoxy) is 1. The lowest BCUT2D eigenvalue weighted by molar-refractivity contribution is -0.153. The summed E-state index contributed by atoms with van der Waals surface area (Å²) in [7, 11) is 2.10. The van der Waals surface area contributed by atoms with E-state index in [0.717, 1.165) is 31.7 Å². The molecule has 1 aliphatic carbocycles. The third-order valence-electron chi connectivity index (χ3n) is 6.09. The quantitative estimate of drug-likeness (QED) is 0.858. The molecule has 0 radical (unpaired) electrons. The summed E-state index contributed by atoms with van der Waals surface area (Å²) in [6, 6.07) is 8.70. The van der Waals surface area contributed by atoms with Crippen molar-refractivity contribution in [3.63, 3.8) is 0 Å². The summed E-state index contributed by atoms with van der Waals surface area (Å²) < 4.78 is 5.88. The maximum Gasteiger partial charge on any atom is 0.241 e. The topological polar surface area (TPSA) is 32.8 Å². The van der Waals surface area contributed by atoms with E-state index in [9.17, 15) is 4.79 Å². The first-order chi connectivity index (χ1) is 11.0. The molecular formula is C19H26N2O2. The first kappa shape index (κ1) is 15.2. The number of carbonyl (C=O) groups excluding carboxylic acids is 1. The van der Waals surface area contributed by atoms with Gasteiger partial charge in [-0.1, -0.05) is 32.0 Å². The highest BCUT2D eigenvalue weighted by atomic mass is 16.5. The molecule has 0 unspecified atom stereocenters. The van der Waals surface area contributed by atoms with Crippen molar-refractivity contribution in [2.24, 2.45) is 11.3 Å². The molecule has 124 valence electrons. The Morgan fingerprint density at radius 3 is 3.00 bits per heavy atom. The van der Waals surface area contributed by atoms with Crippen LogP contribution in [0.1, 0.15) is 25.8 Å². The van der Waals surface area contributed by atoms with E-state index >= 15 is 0 Å². The van der Waals surface area contributed by atoms with Crippen molar-refractivity contribution in [1.82, 2.24) is 4.90 Å². The Labute approximate surface area is 138 Å². The van der Waals surface area contributed by atoms with Gasteiger partial charge in [-0.15, -0.1) is 0 Å². The highest BCUT2D eigenvalue weighted by Gasteiger charge is 2.60. The maximum atomic E-state index is 12.8. The van der Waals surface area contributed by atoms with Crippen LogP contribution in [0.25, 0.3) is 0 Å². The SMILES string of the molecule is CN(CC(=O)N1CCc2ccccc21)[C@@H]1[C@@H]2CCO[C@@H]2C1(C)C. The number of amides is 1. The van der Waals surface area contributed by atoms with E-state index in [1.807, 2.05) is 11.0 Å². The Balaban J connectivity index is 1.45. The molecule has 0 N–H and O–H groups in total. The second-order valence-electron chi connectivity index (χ2n) is 7.85. The number of nitrogens with zero attached hydrogens (tertiary/aromatic N) is 2. The van der Waals surface area contributed by atoms with Crippen molar-refractivity contribution in [1.29, 1.82) is 0 Å². The van der Waals surface area contributed by atoms with Gasteiger partial charge in [-0.3, -0.25) is 9.69 Å². The summed E-state index contributed by atoms with van der Waals surface area (Å²) in [5.74, 6) is 0.810. The fraction of sp³-hybridized carbons (Fsp3) is 0.632. The maximum absolute atomic E-state index is 12.8. The van der Waals surface area contributed by atoms with Gasteiger partial charge in [-0.2, -0.15) is 0 Å². The second kappa shape index (κ2) is 5.32. The molecule has 1 aromatic rings. The third kappa shape index (κ3) is 2.23. The monoisotopic (exact) mass is 314 g/mol. The summed E-state index contributed by atoms with van der Waals surface area (Å²) in [6.07, 6.45) is 2.47. The van der Waals surface area contributed by atoms with Gasteiger partial charge in [0.25, 0.3) is 0 Å². The van der Waals surface area contributed by atoms with E-state index < -0.39 is 0 Å². The number of likely N-dealkylation sites (N-methyl/N-ethyl adjacent to an activating group) is 1. The van der Waals surface area contributed by atoms with E-state index in [4.69, 9.17) is 4.74 Å². The molecule has 2 fully saturated rings. The predicted octanol–water partition coefficient (Wildman–Crippen LogP) is 2.32. The number of rotatable bonds is 3. The normalized spacial score (nSPS) is 31.0. The molecule has 4 rings (SSSR count). The molecule has 0 bridgehead atoms. The summed E-state index contributed by atoms with van der Waals surface area (Å²) in [5.41, 5.74) is 2.52. The molecular weight excluding hydrogens is 288 g/mol. The van der Waals surface area contributed by atoms with Gasteiger partial charge in [0.15, 0.2) is 0 Å². The molecule has 4 heteroatoms. The zero-order valence-electron chi connectivity index (χ0n) is 14.3. The van der Waals surface area contributed by atoms with Crippen molar-refractivity contribution in [2.45, 2.75) is 38.8 Å². The Morgan fingerprint density at radius 1 is 1.39 bits per heavy atom. The lowest BCUT2D eigenvalue weighted by Gasteiger charge is -2.57. The first-order valence-corrected chi connectivity index (χ1v) is 8.70. The largest absolute Gasteiger partial charge is 0.377 e. The van der Waals surface area contributed by atoms with Gasteiger partial charge >= 0.3 is 0 Å². The molecule has 2 heterocycles. The molecule has 1 saturated carbocycles. The van der Waals surface area contributed by atoms with Gasteiger partial charge in [0.2, 0.25) is 5.91 Å². The van der Waals surface area contributed by atoms with Crippen molar-refractivity contribution in [2.75, 3.05) is 31.6 Å². The second-order valence-corrected chi connectivity index (χ2v) is 7.85. The van der Waals surface area contributed by atoms with E-state index in [2.05, 4.69) is 44.0 Å². The van der Waals surface area contributed by atoms with Crippen LogP contribution in [0.3, 0.4) is 0 Å². The highest BCUT2D eigenvalue weighted by Crippen LogP contribution is 2.54. The summed E-state index contributed by atoms with van der Waals surface area (Å²) in [6.45, 7) is 6.73. The Bertz CT molecular complexity index is 628. The van der Waals surface area contributed by atoms with Crippen LogP contribution in [-0.4, -0.2) is 49.7 Å². The van der Waals surface area contributed by atoms with Crippen LogP contribution in [0, 0.1) is 11.3 Å². The first-order valence-electron chi connectivity index (χ1n) is 8.70. The Hall–Kier alpha value is -1.39. The van der Waals surface area contributed by atoms with Crippen LogP contribution in [0.15, 0.2) is 24.3 Å². The van der Waals surface area contributed by atoms with Gasteiger partial charge in [-0.25, -0.2) is 0 Å². The molecule has 1 amide bonds. The summed E-state index contributed by atoms with van der Waals surface area (Å²) >= 11 is 0. The van der Waals surface area contributed by atoms with Crippen molar-refractivity contribution < 1.29 is 9.53 Å². The summed E-state index contributed by atoms with van der Waals surface area (Å²) in [5, 5.41) is 0. The fourth-order valence-corrected chi connectivity index (χ4v) is 5.19. The van der Waals surface area contributed by atoms with E-state index in [1.54, 1.807) is 0 Å². The van der Waals surface area contributed by atoms with E-state index in [0.29, 0.717) is 24.6 Å². The lowest BCUT2D eigenvalue weighted by atomic mass is 9.57. The lowest BCUT2D eigenvalue weighted by Crippen LogP contribution is -2.66. The van der Waals surface area contributed by atoms with Gasteiger partial charge in [0.05, 0.1) is 12.6 Å². The number of benzene rings is 1. The third-order valence-corrected chi connectivity index (χ3v) is 6.09. The zero-order chi connectivity index (χ0) is 16.2. The molecule has 3 aliphatic rings. The minimum absolute atomic E-state index is 0.138. The van der Waals surface area contributed by atoms with Crippen molar-refractivity contribution >= 4 is 11.6 Å². The molecule has 2 aliphatic heterocycles. The molecule has 1 saturated heterocycles. The van der Waals surface area contributed by atoms with Gasteiger partial charge in [0, 0.05) is 36.2 Å². The van der Waals surface area contributed by atoms with E-state index in [-0.39, 0.29) is 11.3 Å². The van der Waals surface area contributed by atoms with Gasteiger partial charge < -0.3 is 9.64 Å².